The average molecular weight is 280 g/mol. The van der Waals surface area contributed by atoms with Crippen LogP contribution < -0.4 is 10.1 Å². The summed E-state index contributed by atoms with van der Waals surface area (Å²) in [5, 5.41) is 3.60. The molecule has 2 aliphatic rings. The molecule has 0 atom stereocenters. The predicted molar refractivity (Wildman–Crippen MR) is 79.2 cm³/mol. The predicted octanol–water partition coefficient (Wildman–Crippen LogP) is 3.16. The molecule has 1 aromatic rings. The fourth-order valence-electron chi connectivity index (χ4n) is 2.87. The number of ether oxygens (including phenoxy) is 1. The normalized spacial score (nSPS) is 19.0. The Morgan fingerprint density at radius 3 is 3.00 bits per heavy atom. The van der Waals surface area contributed by atoms with Crippen LogP contribution in [0.4, 0.5) is 0 Å². The maximum Gasteiger partial charge on any atom is 0.122 e. The van der Waals surface area contributed by atoms with Gasteiger partial charge in [0.2, 0.25) is 0 Å². The smallest absolute Gasteiger partial charge is 0.122 e. The van der Waals surface area contributed by atoms with E-state index in [2.05, 4.69) is 23.5 Å². The fraction of sp³-hybridized carbons (Fsp3) is 0.625. The third kappa shape index (κ3) is 3.24. The molecule has 1 saturated carbocycles. The summed E-state index contributed by atoms with van der Waals surface area (Å²) < 4.78 is 5.53. The molecule has 1 aliphatic carbocycles. The molecule has 1 aliphatic heterocycles. The fourth-order valence-corrected chi connectivity index (χ4v) is 3.27. The van der Waals surface area contributed by atoms with Crippen LogP contribution in [0.5, 0.6) is 5.75 Å². The van der Waals surface area contributed by atoms with Crippen LogP contribution in [-0.4, -0.2) is 25.6 Å². The molecule has 104 valence electrons. The highest BCUT2D eigenvalue weighted by atomic mass is 35.5. The number of nitrogens with one attached hydrogen (secondary N) is 1. The van der Waals surface area contributed by atoms with Crippen molar-refractivity contribution in [3.63, 3.8) is 0 Å². The van der Waals surface area contributed by atoms with Crippen LogP contribution in [0.1, 0.15) is 30.4 Å². The second-order valence-corrected chi connectivity index (χ2v) is 6.28. The Hall–Kier alpha value is -0.730. The van der Waals surface area contributed by atoms with Crippen LogP contribution in [0.3, 0.4) is 0 Å². The van der Waals surface area contributed by atoms with Gasteiger partial charge in [0.1, 0.15) is 5.75 Å². The Morgan fingerprint density at radius 2 is 2.21 bits per heavy atom. The zero-order chi connectivity index (χ0) is 13.1. The van der Waals surface area contributed by atoms with Crippen molar-refractivity contribution in [3.8, 4) is 5.75 Å². The molecule has 0 aromatic heterocycles. The van der Waals surface area contributed by atoms with Crippen molar-refractivity contribution in [1.29, 1.82) is 0 Å². The van der Waals surface area contributed by atoms with E-state index in [4.69, 9.17) is 16.3 Å². The molecule has 3 rings (SSSR count). The van der Waals surface area contributed by atoms with Crippen LogP contribution >= 0.6 is 11.6 Å². The van der Waals surface area contributed by atoms with E-state index in [1.807, 2.05) is 0 Å². The molecule has 3 heteroatoms. The quantitative estimate of drug-likeness (QED) is 0.611. The van der Waals surface area contributed by atoms with E-state index >= 15 is 0 Å². The molecule has 1 aromatic carbocycles. The van der Waals surface area contributed by atoms with Crippen molar-refractivity contribution in [2.45, 2.75) is 32.1 Å². The molecule has 0 bridgehead atoms. The van der Waals surface area contributed by atoms with Crippen LogP contribution in [0.2, 0.25) is 0 Å². The van der Waals surface area contributed by atoms with Gasteiger partial charge in [0, 0.05) is 18.8 Å². The third-order valence-electron chi connectivity index (χ3n) is 4.43. The summed E-state index contributed by atoms with van der Waals surface area (Å²) in [4.78, 5) is 0. The van der Waals surface area contributed by atoms with Crippen molar-refractivity contribution >= 4 is 11.6 Å². The Balaban J connectivity index is 1.43. The lowest BCUT2D eigenvalue weighted by Crippen LogP contribution is -2.26. The number of hydrogen-bond acceptors (Lipinski definition) is 2. The van der Waals surface area contributed by atoms with Gasteiger partial charge < -0.3 is 10.1 Å². The molecular formula is C16H22ClNO. The van der Waals surface area contributed by atoms with E-state index < -0.39 is 0 Å². The Labute approximate surface area is 120 Å². The van der Waals surface area contributed by atoms with Crippen molar-refractivity contribution in [2.75, 3.05) is 25.6 Å². The van der Waals surface area contributed by atoms with Crippen molar-refractivity contribution in [2.24, 2.45) is 5.41 Å². The topological polar surface area (TPSA) is 21.3 Å². The molecular weight excluding hydrogens is 258 g/mol. The lowest BCUT2D eigenvalue weighted by Gasteiger charge is -2.14. The summed E-state index contributed by atoms with van der Waals surface area (Å²) >= 11 is 5.85. The van der Waals surface area contributed by atoms with Gasteiger partial charge in [-0.2, -0.15) is 0 Å². The van der Waals surface area contributed by atoms with Crippen molar-refractivity contribution < 1.29 is 4.74 Å². The highest BCUT2D eigenvalue weighted by Crippen LogP contribution is 2.48. The van der Waals surface area contributed by atoms with Gasteiger partial charge in [0.25, 0.3) is 0 Å². The first-order chi connectivity index (χ1) is 9.31. The molecule has 2 nitrogen and oxygen atoms in total. The molecule has 1 heterocycles. The first-order valence-electron chi connectivity index (χ1n) is 7.33. The van der Waals surface area contributed by atoms with Crippen LogP contribution in [0.25, 0.3) is 0 Å². The van der Waals surface area contributed by atoms with Crippen molar-refractivity contribution in [3.05, 3.63) is 29.3 Å². The van der Waals surface area contributed by atoms with Gasteiger partial charge in [-0.15, -0.1) is 11.6 Å². The number of benzene rings is 1. The van der Waals surface area contributed by atoms with Crippen LogP contribution in [0.15, 0.2) is 18.2 Å². The van der Waals surface area contributed by atoms with E-state index in [0.29, 0.717) is 5.41 Å². The third-order valence-corrected chi connectivity index (χ3v) is 4.62. The average Bonchev–Trinajstić information content (AvgIpc) is 3.02. The summed E-state index contributed by atoms with van der Waals surface area (Å²) in [5.41, 5.74) is 3.32. The molecule has 0 spiro atoms. The van der Waals surface area contributed by atoms with E-state index in [9.17, 15) is 0 Å². The summed E-state index contributed by atoms with van der Waals surface area (Å²) in [7, 11) is 0. The molecule has 0 amide bonds. The maximum atomic E-state index is 5.85. The first kappa shape index (κ1) is 13.3. The molecule has 1 fully saturated rings. The minimum atomic E-state index is 0.535. The number of rotatable bonds is 7. The van der Waals surface area contributed by atoms with Gasteiger partial charge in [-0.05, 0) is 54.8 Å². The van der Waals surface area contributed by atoms with Gasteiger partial charge in [0.15, 0.2) is 0 Å². The lowest BCUT2D eigenvalue weighted by molar-refractivity contribution is 0.357. The second-order valence-electron chi connectivity index (χ2n) is 5.91. The number of alkyl halides is 1. The molecule has 0 saturated heterocycles. The van der Waals surface area contributed by atoms with Gasteiger partial charge in [-0.1, -0.05) is 12.1 Å². The van der Waals surface area contributed by atoms with Gasteiger partial charge in [-0.3, -0.25) is 0 Å². The zero-order valence-electron chi connectivity index (χ0n) is 11.4. The highest BCUT2D eigenvalue weighted by Gasteiger charge is 2.40. The summed E-state index contributed by atoms with van der Waals surface area (Å²) in [6.07, 6.45) is 6.03. The summed E-state index contributed by atoms with van der Waals surface area (Å²) in [6, 6.07) is 6.61. The van der Waals surface area contributed by atoms with E-state index in [0.717, 1.165) is 50.6 Å². The van der Waals surface area contributed by atoms with E-state index in [1.54, 1.807) is 0 Å². The minimum absolute atomic E-state index is 0.535. The molecule has 0 radical (unpaired) electrons. The summed E-state index contributed by atoms with van der Waals surface area (Å²) in [5.74, 6) is 1.88. The van der Waals surface area contributed by atoms with Gasteiger partial charge in [-0.25, -0.2) is 0 Å². The number of fused-ring (bicyclic) bond motifs is 1. The van der Waals surface area contributed by atoms with E-state index in [1.165, 1.54) is 24.0 Å². The Bertz CT molecular complexity index is 442. The minimum Gasteiger partial charge on any atom is -0.493 e. The number of halogens is 1. The molecule has 0 unspecified atom stereocenters. The van der Waals surface area contributed by atoms with Crippen LogP contribution in [-0.2, 0) is 12.8 Å². The Morgan fingerprint density at radius 1 is 1.32 bits per heavy atom. The Kier molecular flexibility index (Phi) is 3.99. The van der Waals surface area contributed by atoms with Crippen LogP contribution in [0, 0.1) is 5.41 Å². The number of hydrogen-bond donors (Lipinski definition) is 1. The highest BCUT2D eigenvalue weighted by molar-refractivity contribution is 6.17. The summed E-state index contributed by atoms with van der Waals surface area (Å²) in [6.45, 7) is 3.04. The van der Waals surface area contributed by atoms with Gasteiger partial charge >= 0.3 is 0 Å². The molecule has 1 N–H and O–H groups in total. The van der Waals surface area contributed by atoms with E-state index in [-0.39, 0.29) is 0 Å². The first-order valence-corrected chi connectivity index (χ1v) is 7.86. The largest absolute Gasteiger partial charge is 0.493 e. The molecule has 19 heavy (non-hydrogen) atoms. The monoisotopic (exact) mass is 279 g/mol. The van der Waals surface area contributed by atoms with Crippen molar-refractivity contribution in [1.82, 2.24) is 5.32 Å². The lowest BCUT2D eigenvalue weighted by atomic mass is 10.0. The second kappa shape index (κ2) is 5.72. The zero-order valence-corrected chi connectivity index (χ0v) is 12.1. The van der Waals surface area contributed by atoms with Gasteiger partial charge in [0.05, 0.1) is 6.61 Å². The maximum absolute atomic E-state index is 5.85. The standard InChI is InChI=1S/C16H22ClNO/c17-8-7-16(5-6-16)12-18-9-3-13-1-2-15-14(11-13)4-10-19-15/h1-2,11,18H,3-10,12H2. The SMILES string of the molecule is ClCCC1(CNCCc2ccc3c(c2)CCO3)CC1.